The Hall–Kier alpha value is -0.700. The summed E-state index contributed by atoms with van der Waals surface area (Å²) < 4.78 is 26.6. The molecule has 0 radical (unpaired) electrons. The summed E-state index contributed by atoms with van der Waals surface area (Å²) >= 11 is 0. The molecule has 0 amide bonds. The standard InChI is InChI=1S/C10H23N5O2S/c1-4-9(10(11)12)14-5-7-15(8-6-14)18(16,17)13(2)3/h9H,4-8H2,1-3H3,(H3,11,12). The molecule has 18 heavy (non-hydrogen) atoms. The van der Waals surface area contributed by atoms with Gasteiger partial charge in [-0.15, -0.1) is 0 Å². The number of nitrogens with zero attached hydrogens (tertiary/aromatic N) is 3. The van der Waals surface area contributed by atoms with E-state index in [1.165, 1.54) is 22.7 Å². The normalized spacial score (nSPS) is 21.1. The van der Waals surface area contributed by atoms with Gasteiger partial charge in [-0.25, -0.2) is 0 Å². The molecule has 0 saturated carbocycles. The molecule has 7 nitrogen and oxygen atoms in total. The zero-order chi connectivity index (χ0) is 13.9. The van der Waals surface area contributed by atoms with Crippen LogP contribution in [0, 0.1) is 5.41 Å². The van der Waals surface area contributed by atoms with Crippen molar-refractivity contribution < 1.29 is 8.42 Å². The molecule has 3 N–H and O–H groups in total. The Morgan fingerprint density at radius 3 is 2.17 bits per heavy atom. The van der Waals surface area contributed by atoms with Crippen molar-refractivity contribution in [2.45, 2.75) is 19.4 Å². The molecule has 0 bridgehead atoms. The molecule has 106 valence electrons. The minimum atomic E-state index is -3.32. The molecule has 1 aliphatic heterocycles. The topological polar surface area (TPSA) is 93.7 Å². The van der Waals surface area contributed by atoms with E-state index >= 15 is 0 Å². The van der Waals surface area contributed by atoms with Gasteiger partial charge >= 0.3 is 0 Å². The average molecular weight is 277 g/mol. The third-order valence-electron chi connectivity index (χ3n) is 3.25. The predicted molar refractivity (Wildman–Crippen MR) is 71.7 cm³/mol. The van der Waals surface area contributed by atoms with Crippen LogP contribution in [0.4, 0.5) is 0 Å². The second kappa shape index (κ2) is 5.96. The number of hydrogen-bond acceptors (Lipinski definition) is 4. The molecule has 0 aliphatic carbocycles. The van der Waals surface area contributed by atoms with Crippen molar-refractivity contribution in [3.8, 4) is 0 Å². The third kappa shape index (κ3) is 3.19. The summed E-state index contributed by atoms with van der Waals surface area (Å²) in [5.41, 5.74) is 5.55. The highest BCUT2D eigenvalue weighted by Gasteiger charge is 2.31. The Labute approximate surface area is 109 Å². The second-order valence-corrected chi connectivity index (χ2v) is 6.75. The Kier molecular flexibility index (Phi) is 5.09. The van der Waals surface area contributed by atoms with Crippen LogP contribution in [-0.4, -0.2) is 74.1 Å². The van der Waals surface area contributed by atoms with Crippen molar-refractivity contribution in [3.05, 3.63) is 0 Å². The van der Waals surface area contributed by atoms with Gasteiger partial charge in [0.25, 0.3) is 10.2 Å². The summed E-state index contributed by atoms with van der Waals surface area (Å²) in [6.07, 6.45) is 0.774. The highest BCUT2D eigenvalue weighted by molar-refractivity contribution is 7.86. The van der Waals surface area contributed by atoms with Crippen molar-refractivity contribution >= 4 is 16.0 Å². The quantitative estimate of drug-likeness (QED) is 0.504. The fourth-order valence-corrected chi connectivity index (χ4v) is 3.24. The molecule has 1 saturated heterocycles. The summed E-state index contributed by atoms with van der Waals surface area (Å²) in [4.78, 5) is 2.07. The molecule has 1 unspecified atom stereocenters. The Balaban J connectivity index is 2.64. The van der Waals surface area contributed by atoms with Crippen LogP contribution in [0.25, 0.3) is 0 Å². The van der Waals surface area contributed by atoms with Crippen LogP contribution < -0.4 is 5.73 Å². The van der Waals surface area contributed by atoms with Crippen LogP contribution >= 0.6 is 0 Å². The minimum Gasteiger partial charge on any atom is -0.386 e. The highest BCUT2D eigenvalue weighted by atomic mass is 32.2. The van der Waals surface area contributed by atoms with Crippen molar-refractivity contribution in [1.29, 1.82) is 5.41 Å². The Bertz CT molecular complexity index is 387. The van der Waals surface area contributed by atoms with Gasteiger partial charge in [-0.05, 0) is 6.42 Å². The zero-order valence-corrected chi connectivity index (χ0v) is 12.1. The number of amidine groups is 1. The molecule has 1 rings (SSSR count). The maximum atomic E-state index is 11.9. The highest BCUT2D eigenvalue weighted by Crippen LogP contribution is 2.13. The monoisotopic (exact) mass is 277 g/mol. The molecular formula is C10H23N5O2S. The molecule has 0 aromatic rings. The lowest BCUT2D eigenvalue weighted by atomic mass is 10.1. The lowest BCUT2D eigenvalue weighted by Gasteiger charge is -2.38. The summed E-state index contributed by atoms with van der Waals surface area (Å²) in [5, 5.41) is 7.53. The first-order chi connectivity index (χ1) is 8.30. The van der Waals surface area contributed by atoms with Crippen molar-refractivity contribution in [2.75, 3.05) is 40.3 Å². The molecule has 0 aromatic carbocycles. The van der Waals surface area contributed by atoms with Gasteiger partial charge in [-0.3, -0.25) is 10.3 Å². The molecular weight excluding hydrogens is 254 g/mol. The number of hydrogen-bond donors (Lipinski definition) is 2. The van der Waals surface area contributed by atoms with Gasteiger partial charge in [0, 0.05) is 40.3 Å². The summed E-state index contributed by atoms with van der Waals surface area (Å²) in [5.74, 6) is 0.154. The minimum absolute atomic E-state index is 0.0748. The average Bonchev–Trinajstić information content (AvgIpc) is 2.30. The van der Waals surface area contributed by atoms with Gasteiger partial charge < -0.3 is 5.73 Å². The summed E-state index contributed by atoms with van der Waals surface area (Å²) in [6, 6.07) is -0.0748. The molecule has 0 aromatic heterocycles. The van der Waals surface area contributed by atoms with Crippen molar-refractivity contribution in [2.24, 2.45) is 5.73 Å². The van der Waals surface area contributed by atoms with Crippen LogP contribution in [0.2, 0.25) is 0 Å². The second-order valence-electron chi connectivity index (χ2n) is 4.60. The van der Waals surface area contributed by atoms with E-state index in [-0.39, 0.29) is 11.9 Å². The lowest BCUT2D eigenvalue weighted by molar-refractivity contribution is 0.160. The molecule has 8 heteroatoms. The van der Waals surface area contributed by atoms with E-state index in [1.54, 1.807) is 0 Å². The molecule has 1 atom stereocenters. The molecule has 0 spiro atoms. The van der Waals surface area contributed by atoms with Gasteiger partial charge in [0.1, 0.15) is 5.84 Å². The smallest absolute Gasteiger partial charge is 0.281 e. The zero-order valence-electron chi connectivity index (χ0n) is 11.3. The van der Waals surface area contributed by atoms with Crippen LogP contribution in [0.5, 0.6) is 0 Å². The first kappa shape index (κ1) is 15.4. The maximum Gasteiger partial charge on any atom is 0.281 e. The number of rotatable bonds is 5. The van der Waals surface area contributed by atoms with Gasteiger partial charge in [-0.1, -0.05) is 6.92 Å². The first-order valence-electron chi connectivity index (χ1n) is 6.06. The van der Waals surface area contributed by atoms with E-state index < -0.39 is 10.2 Å². The number of nitrogens with one attached hydrogen (secondary N) is 1. The van der Waals surface area contributed by atoms with Crippen molar-refractivity contribution in [1.82, 2.24) is 13.5 Å². The fraction of sp³-hybridized carbons (Fsp3) is 0.900. The van der Waals surface area contributed by atoms with Crippen molar-refractivity contribution in [3.63, 3.8) is 0 Å². The number of piperazine rings is 1. The first-order valence-corrected chi connectivity index (χ1v) is 7.46. The summed E-state index contributed by atoms with van der Waals surface area (Å²) in [6.45, 7) is 4.11. The van der Waals surface area contributed by atoms with E-state index in [4.69, 9.17) is 11.1 Å². The van der Waals surface area contributed by atoms with E-state index in [2.05, 4.69) is 4.90 Å². The lowest BCUT2D eigenvalue weighted by Crippen LogP contribution is -2.56. The van der Waals surface area contributed by atoms with Crippen LogP contribution in [0.1, 0.15) is 13.3 Å². The summed E-state index contributed by atoms with van der Waals surface area (Å²) in [7, 11) is -0.253. The fourth-order valence-electron chi connectivity index (χ4n) is 2.15. The van der Waals surface area contributed by atoms with Gasteiger partial charge in [-0.2, -0.15) is 17.0 Å². The molecule has 1 aliphatic rings. The SMILES string of the molecule is CCC(C(=N)N)N1CCN(S(=O)(=O)N(C)C)CC1. The van der Waals surface area contributed by atoms with E-state index in [1.807, 2.05) is 6.92 Å². The van der Waals surface area contributed by atoms with Gasteiger partial charge in [0.2, 0.25) is 0 Å². The molecule has 1 fully saturated rings. The molecule has 1 heterocycles. The van der Waals surface area contributed by atoms with Crippen LogP contribution in [0.3, 0.4) is 0 Å². The largest absolute Gasteiger partial charge is 0.386 e. The van der Waals surface area contributed by atoms with E-state index in [9.17, 15) is 8.42 Å². The Morgan fingerprint density at radius 1 is 1.33 bits per heavy atom. The van der Waals surface area contributed by atoms with Gasteiger partial charge in [0.05, 0.1) is 6.04 Å². The Morgan fingerprint density at radius 2 is 1.83 bits per heavy atom. The predicted octanol–water partition coefficient (Wildman–Crippen LogP) is -0.875. The van der Waals surface area contributed by atoms with E-state index in [0.29, 0.717) is 26.2 Å². The maximum absolute atomic E-state index is 11.9. The van der Waals surface area contributed by atoms with E-state index in [0.717, 1.165) is 6.42 Å². The van der Waals surface area contributed by atoms with Crippen LogP contribution in [0.15, 0.2) is 0 Å². The number of nitrogens with two attached hydrogens (primary N) is 1. The van der Waals surface area contributed by atoms with Gasteiger partial charge in [0.15, 0.2) is 0 Å². The third-order valence-corrected chi connectivity index (χ3v) is 5.19. The van der Waals surface area contributed by atoms with Crippen LogP contribution in [-0.2, 0) is 10.2 Å².